The van der Waals surface area contributed by atoms with Crippen LogP contribution in [0.5, 0.6) is 0 Å². The molecule has 1 aliphatic heterocycles. The van der Waals surface area contributed by atoms with Gasteiger partial charge in [0.1, 0.15) is 11.5 Å². The van der Waals surface area contributed by atoms with Crippen molar-refractivity contribution >= 4 is 28.7 Å². The molecule has 0 unspecified atom stereocenters. The third kappa shape index (κ3) is 3.59. The SMILES string of the molecule is Cc1oc(-c2cnc(Nc3ccc(N4CCOCC4)cc3)c3nccn23)cc1C(N)=O. The number of carbonyl (C=O) groups is 1. The predicted molar refractivity (Wildman–Crippen MR) is 117 cm³/mol. The van der Waals surface area contributed by atoms with Crippen molar-refractivity contribution in [1.29, 1.82) is 0 Å². The van der Waals surface area contributed by atoms with E-state index >= 15 is 0 Å². The number of benzene rings is 1. The summed E-state index contributed by atoms with van der Waals surface area (Å²) in [5.74, 6) is 1.06. The largest absolute Gasteiger partial charge is 0.459 e. The van der Waals surface area contributed by atoms with E-state index in [1.54, 1.807) is 25.4 Å². The molecule has 3 N–H and O–H groups in total. The van der Waals surface area contributed by atoms with Gasteiger partial charge in [-0.3, -0.25) is 9.20 Å². The van der Waals surface area contributed by atoms with Gasteiger partial charge in [-0.2, -0.15) is 0 Å². The number of aromatic nitrogens is 3. The molecular weight excluding hydrogens is 396 g/mol. The standard InChI is InChI=1S/C22H22N6O3/c1-14-17(20(23)29)12-19(31-14)18-13-25-21(22-24-6-7-28(18)22)26-15-2-4-16(5-3-15)27-8-10-30-11-9-27/h2-7,12-13H,8-11H2,1H3,(H2,23,29)(H,25,26). The molecule has 158 valence electrons. The highest BCUT2D eigenvalue weighted by Crippen LogP contribution is 2.29. The number of nitrogens with one attached hydrogen (secondary N) is 1. The molecule has 31 heavy (non-hydrogen) atoms. The number of hydrogen-bond acceptors (Lipinski definition) is 7. The summed E-state index contributed by atoms with van der Waals surface area (Å²) in [6, 6.07) is 9.85. The first-order valence-corrected chi connectivity index (χ1v) is 10.0. The van der Waals surface area contributed by atoms with E-state index < -0.39 is 5.91 Å². The molecule has 1 saturated heterocycles. The number of fused-ring (bicyclic) bond motifs is 1. The van der Waals surface area contributed by atoms with E-state index in [1.165, 1.54) is 5.69 Å². The molecular formula is C22H22N6O3. The van der Waals surface area contributed by atoms with Crippen molar-refractivity contribution in [3.8, 4) is 11.5 Å². The monoisotopic (exact) mass is 418 g/mol. The summed E-state index contributed by atoms with van der Waals surface area (Å²) in [5, 5.41) is 3.33. The second kappa shape index (κ2) is 7.77. The number of furan rings is 1. The van der Waals surface area contributed by atoms with Gasteiger partial charge >= 0.3 is 0 Å². The Morgan fingerprint density at radius 2 is 1.94 bits per heavy atom. The molecule has 3 aromatic heterocycles. The lowest BCUT2D eigenvalue weighted by molar-refractivity contribution is 0.0999. The van der Waals surface area contributed by atoms with Crippen LogP contribution in [0.1, 0.15) is 16.1 Å². The summed E-state index contributed by atoms with van der Waals surface area (Å²) >= 11 is 0. The summed E-state index contributed by atoms with van der Waals surface area (Å²) in [4.78, 5) is 22.9. The Balaban J connectivity index is 1.43. The molecule has 0 bridgehead atoms. The Kier molecular flexibility index (Phi) is 4.79. The number of hydrogen-bond donors (Lipinski definition) is 2. The van der Waals surface area contributed by atoms with Gasteiger partial charge in [0, 0.05) is 36.9 Å². The van der Waals surface area contributed by atoms with Gasteiger partial charge < -0.3 is 25.1 Å². The van der Waals surface area contributed by atoms with Gasteiger partial charge in [-0.1, -0.05) is 0 Å². The molecule has 1 aromatic carbocycles. The zero-order valence-electron chi connectivity index (χ0n) is 17.0. The molecule has 1 fully saturated rings. The van der Waals surface area contributed by atoms with E-state index in [9.17, 15) is 4.79 Å². The summed E-state index contributed by atoms with van der Waals surface area (Å²) in [5.41, 5.74) is 9.16. The Hall–Kier alpha value is -3.85. The molecule has 0 spiro atoms. The van der Waals surface area contributed by atoms with Crippen molar-refractivity contribution in [2.45, 2.75) is 6.92 Å². The number of rotatable bonds is 5. The third-order valence-corrected chi connectivity index (χ3v) is 5.37. The van der Waals surface area contributed by atoms with Crippen LogP contribution in [0.4, 0.5) is 17.2 Å². The number of ether oxygens (including phenoxy) is 1. The van der Waals surface area contributed by atoms with Gasteiger partial charge in [0.25, 0.3) is 5.91 Å². The quantitative estimate of drug-likeness (QED) is 0.512. The van der Waals surface area contributed by atoms with Gasteiger partial charge in [0.05, 0.1) is 25.0 Å². The lowest BCUT2D eigenvalue weighted by Gasteiger charge is -2.28. The van der Waals surface area contributed by atoms with E-state index in [0.717, 1.165) is 32.0 Å². The van der Waals surface area contributed by atoms with Crippen molar-refractivity contribution in [3.05, 3.63) is 60.2 Å². The maximum Gasteiger partial charge on any atom is 0.252 e. The van der Waals surface area contributed by atoms with Crippen LogP contribution in [0.2, 0.25) is 0 Å². The molecule has 0 atom stereocenters. The van der Waals surface area contributed by atoms with Crippen molar-refractivity contribution in [2.24, 2.45) is 5.73 Å². The Morgan fingerprint density at radius 1 is 1.16 bits per heavy atom. The van der Waals surface area contributed by atoms with E-state index in [-0.39, 0.29) is 0 Å². The van der Waals surface area contributed by atoms with Crippen LogP contribution >= 0.6 is 0 Å². The number of primary amides is 1. The fourth-order valence-electron chi connectivity index (χ4n) is 3.76. The van der Waals surface area contributed by atoms with Gasteiger partial charge in [-0.05, 0) is 37.3 Å². The lowest BCUT2D eigenvalue weighted by atomic mass is 10.2. The number of nitrogens with two attached hydrogens (primary N) is 1. The highest BCUT2D eigenvalue weighted by Gasteiger charge is 2.18. The molecule has 0 saturated carbocycles. The second-order valence-corrected chi connectivity index (χ2v) is 7.33. The molecule has 9 heteroatoms. The van der Waals surface area contributed by atoms with Crippen LogP contribution in [-0.4, -0.2) is 46.6 Å². The van der Waals surface area contributed by atoms with Crippen LogP contribution < -0.4 is 16.0 Å². The number of imidazole rings is 1. The number of anilines is 3. The van der Waals surface area contributed by atoms with E-state index in [1.807, 2.05) is 22.7 Å². The Labute approximate surface area is 178 Å². The average molecular weight is 418 g/mol. The first kappa shape index (κ1) is 19.1. The summed E-state index contributed by atoms with van der Waals surface area (Å²) in [7, 11) is 0. The van der Waals surface area contributed by atoms with Gasteiger partial charge in [-0.15, -0.1) is 0 Å². The fourth-order valence-corrected chi connectivity index (χ4v) is 3.76. The normalized spacial score (nSPS) is 14.2. The minimum Gasteiger partial charge on any atom is -0.459 e. The van der Waals surface area contributed by atoms with Gasteiger partial charge in [-0.25, -0.2) is 9.97 Å². The first-order valence-electron chi connectivity index (χ1n) is 10.0. The van der Waals surface area contributed by atoms with E-state index in [2.05, 4.69) is 32.3 Å². The molecule has 4 aromatic rings. The van der Waals surface area contributed by atoms with Crippen LogP contribution in [0, 0.1) is 6.92 Å². The Morgan fingerprint density at radius 3 is 2.65 bits per heavy atom. The van der Waals surface area contributed by atoms with E-state index in [0.29, 0.717) is 34.2 Å². The molecule has 5 rings (SSSR count). The minimum atomic E-state index is -0.527. The summed E-state index contributed by atoms with van der Waals surface area (Å²) in [6.45, 7) is 5.01. The smallest absolute Gasteiger partial charge is 0.252 e. The third-order valence-electron chi connectivity index (χ3n) is 5.37. The van der Waals surface area contributed by atoms with Crippen molar-refractivity contribution in [2.75, 3.05) is 36.5 Å². The number of aryl methyl sites for hydroxylation is 1. The maximum absolute atomic E-state index is 11.6. The number of carbonyl (C=O) groups excluding carboxylic acids is 1. The van der Waals surface area contributed by atoms with Crippen LogP contribution in [0.3, 0.4) is 0 Å². The number of amides is 1. The molecule has 1 aliphatic rings. The molecule has 1 amide bonds. The highest BCUT2D eigenvalue weighted by molar-refractivity contribution is 5.94. The first-order chi connectivity index (χ1) is 15.1. The minimum absolute atomic E-state index is 0.353. The fraction of sp³-hybridized carbons (Fsp3) is 0.227. The highest BCUT2D eigenvalue weighted by atomic mass is 16.5. The van der Waals surface area contributed by atoms with Gasteiger partial charge in [0.15, 0.2) is 17.2 Å². The topological polar surface area (TPSA) is 111 Å². The summed E-state index contributed by atoms with van der Waals surface area (Å²) in [6.07, 6.45) is 5.20. The average Bonchev–Trinajstić information content (AvgIpc) is 3.42. The molecule has 0 radical (unpaired) electrons. The van der Waals surface area contributed by atoms with Gasteiger partial charge in [0.2, 0.25) is 0 Å². The number of nitrogens with zero attached hydrogens (tertiary/aromatic N) is 4. The maximum atomic E-state index is 11.6. The zero-order chi connectivity index (χ0) is 21.4. The summed E-state index contributed by atoms with van der Waals surface area (Å²) < 4.78 is 13.0. The van der Waals surface area contributed by atoms with Crippen LogP contribution in [-0.2, 0) is 4.74 Å². The van der Waals surface area contributed by atoms with Crippen molar-refractivity contribution < 1.29 is 13.9 Å². The van der Waals surface area contributed by atoms with Crippen molar-refractivity contribution in [3.63, 3.8) is 0 Å². The van der Waals surface area contributed by atoms with Crippen molar-refractivity contribution in [1.82, 2.24) is 14.4 Å². The van der Waals surface area contributed by atoms with Crippen LogP contribution in [0.15, 0.2) is 53.3 Å². The molecule has 4 heterocycles. The zero-order valence-corrected chi connectivity index (χ0v) is 17.0. The Bertz CT molecular complexity index is 1240. The van der Waals surface area contributed by atoms with E-state index in [4.69, 9.17) is 14.9 Å². The molecule has 0 aliphatic carbocycles. The second-order valence-electron chi connectivity index (χ2n) is 7.33. The molecule has 9 nitrogen and oxygen atoms in total. The number of morpholine rings is 1. The predicted octanol–water partition coefficient (Wildman–Crippen LogP) is 2.98. The van der Waals surface area contributed by atoms with Crippen LogP contribution in [0.25, 0.3) is 17.1 Å². The lowest BCUT2D eigenvalue weighted by Crippen LogP contribution is -2.36.